The molecule has 2 aromatic carbocycles. The Morgan fingerprint density at radius 1 is 1.03 bits per heavy atom. The topological polar surface area (TPSA) is 66.9 Å². The first kappa shape index (κ1) is 22.2. The number of nitrogens with zero attached hydrogens (tertiary/aromatic N) is 2. The van der Waals surface area contributed by atoms with E-state index in [4.69, 9.17) is 4.74 Å². The molecular formula is C21H24F2N2O4S. The van der Waals surface area contributed by atoms with Gasteiger partial charge in [0.05, 0.1) is 13.0 Å². The highest BCUT2D eigenvalue weighted by atomic mass is 32.2. The van der Waals surface area contributed by atoms with Gasteiger partial charge in [0.25, 0.3) is 0 Å². The van der Waals surface area contributed by atoms with Gasteiger partial charge in [0.2, 0.25) is 15.9 Å². The molecule has 1 aliphatic rings. The predicted octanol–water partition coefficient (Wildman–Crippen LogP) is 2.88. The van der Waals surface area contributed by atoms with Gasteiger partial charge in [0, 0.05) is 26.2 Å². The standard InChI is InChI=1S/C21H24F2N2O4S/c1-15-6-7-19(16(2)14-15)29-13-8-20(26)24-9-11-25(12-10-24)30(27,28)21-17(22)4-3-5-18(21)23/h3-7,14H,8-13H2,1-2H3. The number of benzene rings is 2. The van der Waals surface area contributed by atoms with Crippen molar-refractivity contribution in [3.05, 3.63) is 59.2 Å². The van der Waals surface area contributed by atoms with Crippen LogP contribution in [0.4, 0.5) is 8.78 Å². The van der Waals surface area contributed by atoms with Crippen molar-refractivity contribution in [2.45, 2.75) is 25.2 Å². The SMILES string of the molecule is Cc1ccc(OCCC(=O)N2CCN(S(=O)(=O)c3c(F)cccc3F)CC2)c(C)c1. The van der Waals surface area contributed by atoms with Gasteiger partial charge in [-0.2, -0.15) is 4.31 Å². The molecule has 1 heterocycles. The summed E-state index contributed by atoms with van der Waals surface area (Å²) in [7, 11) is -4.31. The van der Waals surface area contributed by atoms with E-state index in [1.165, 1.54) is 4.90 Å². The number of rotatable bonds is 6. The highest BCUT2D eigenvalue weighted by Gasteiger charge is 2.33. The summed E-state index contributed by atoms with van der Waals surface area (Å²) in [6, 6.07) is 8.72. The summed E-state index contributed by atoms with van der Waals surface area (Å²) in [5.41, 5.74) is 2.11. The lowest BCUT2D eigenvalue weighted by atomic mass is 10.1. The van der Waals surface area contributed by atoms with E-state index in [2.05, 4.69) is 0 Å². The maximum atomic E-state index is 13.9. The first-order chi connectivity index (χ1) is 14.2. The molecule has 1 aliphatic heterocycles. The van der Waals surface area contributed by atoms with Crippen LogP contribution in [0.2, 0.25) is 0 Å². The monoisotopic (exact) mass is 438 g/mol. The molecule has 0 aliphatic carbocycles. The van der Waals surface area contributed by atoms with Crippen molar-refractivity contribution in [2.75, 3.05) is 32.8 Å². The summed E-state index contributed by atoms with van der Waals surface area (Å²) >= 11 is 0. The Bertz CT molecular complexity index is 1020. The summed E-state index contributed by atoms with van der Waals surface area (Å²) in [6.07, 6.45) is 0.155. The highest BCUT2D eigenvalue weighted by molar-refractivity contribution is 7.89. The summed E-state index contributed by atoms with van der Waals surface area (Å²) in [5.74, 6) is -1.70. The largest absolute Gasteiger partial charge is 0.493 e. The van der Waals surface area contributed by atoms with Crippen molar-refractivity contribution in [1.82, 2.24) is 9.21 Å². The molecule has 0 N–H and O–H groups in total. The highest BCUT2D eigenvalue weighted by Crippen LogP contribution is 2.24. The van der Waals surface area contributed by atoms with Crippen LogP contribution >= 0.6 is 0 Å². The van der Waals surface area contributed by atoms with E-state index >= 15 is 0 Å². The normalized spacial score (nSPS) is 15.3. The number of sulfonamides is 1. The Morgan fingerprint density at radius 2 is 1.67 bits per heavy atom. The van der Waals surface area contributed by atoms with E-state index in [1.807, 2.05) is 32.0 Å². The van der Waals surface area contributed by atoms with E-state index in [9.17, 15) is 22.0 Å². The molecule has 0 bridgehead atoms. The van der Waals surface area contributed by atoms with Crippen LogP contribution in [-0.4, -0.2) is 56.3 Å². The number of aryl methyl sites for hydroxylation is 2. The summed E-state index contributed by atoms with van der Waals surface area (Å²) in [5, 5.41) is 0. The van der Waals surface area contributed by atoms with Crippen molar-refractivity contribution in [3.8, 4) is 5.75 Å². The molecule has 1 saturated heterocycles. The predicted molar refractivity (Wildman–Crippen MR) is 108 cm³/mol. The molecule has 0 unspecified atom stereocenters. The van der Waals surface area contributed by atoms with E-state index < -0.39 is 26.6 Å². The minimum absolute atomic E-state index is 0.0280. The maximum Gasteiger partial charge on any atom is 0.249 e. The van der Waals surface area contributed by atoms with Crippen LogP contribution in [-0.2, 0) is 14.8 Å². The molecule has 6 nitrogen and oxygen atoms in total. The molecule has 1 fully saturated rings. The van der Waals surface area contributed by atoms with Crippen molar-refractivity contribution in [1.29, 1.82) is 0 Å². The van der Waals surface area contributed by atoms with E-state index in [-0.39, 0.29) is 45.1 Å². The smallest absolute Gasteiger partial charge is 0.249 e. The Balaban J connectivity index is 1.54. The molecule has 0 spiro atoms. The summed E-state index contributed by atoms with van der Waals surface area (Å²) < 4.78 is 59.7. The van der Waals surface area contributed by atoms with Gasteiger partial charge in [0.15, 0.2) is 4.90 Å². The lowest BCUT2D eigenvalue weighted by molar-refractivity contribution is -0.132. The number of ether oxygens (including phenoxy) is 1. The molecule has 1 amide bonds. The second-order valence-electron chi connectivity index (χ2n) is 7.20. The molecular weight excluding hydrogens is 414 g/mol. The minimum atomic E-state index is -4.31. The fourth-order valence-electron chi connectivity index (χ4n) is 3.40. The van der Waals surface area contributed by atoms with Crippen LogP contribution in [0.5, 0.6) is 5.75 Å². The third kappa shape index (κ3) is 4.79. The zero-order valence-electron chi connectivity index (χ0n) is 16.9. The fraction of sp³-hybridized carbons (Fsp3) is 0.381. The minimum Gasteiger partial charge on any atom is -0.493 e. The lowest BCUT2D eigenvalue weighted by Crippen LogP contribution is -2.50. The van der Waals surface area contributed by atoms with Crippen molar-refractivity contribution in [2.24, 2.45) is 0 Å². The Kier molecular flexibility index (Phi) is 6.72. The van der Waals surface area contributed by atoms with Gasteiger partial charge in [0.1, 0.15) is 17.4 Å². The van der Waals surface area contributed by atoms with Crippen molar-refractivity contribution < 1.29 is 26.7 Å². The summed E-state index contributed by atoms with van der Waals surface area (Å²) in [6.45, 7) is 4.37. The van der Waals surface area contributed by atoms with E-state index in [0.29, 0.717) is 0 Å². The van der Waals surface area contributed by atoms with Crippen LogP contribution in [0, 0.1) is 25.5 Å². The number of hydrogen-bond acceptors (Lipinski definition) is 4. The van der Waals surface area contributed by atoms with Gasteiger partial charge in [-0.05, 0) is 37.6 Å². The number of carbonyl (C=O) groups is 1. The van der Waals surface area contributed by atoms with Gasteiger partial charge in [-0.1, -0.05) is 23.8 Å². The quantitative estimate of drug-likeness (QED) is 0.696. The molecule has 0 aromatic heterocycles. The zero-order valence-corrected chi connectivity index (χ0v) is 17.7. The van der Waals surface area contributed by atoms with Gasteiger partial charge in [-0.3, -0.25) is 4.79 Å². The molecule has 3 rings (SSSR count). The summed E-state index contributed by atoms with van der Waals surface area (Å²) in [4.78, 5) is 13.0. The molecule has 0 saturated carbocycles. The first-order valence-corrected chi connectivity index (χ1v) is 11.1. The second kappa shape index (κ2) is 9.09. The molecule has 0 atom stereocenters. The van der Waals surface area contributed by atoms with Crippen LogP contribution in [0.3, 0.4) is 0 Å². The average Bonchev–Trinajstić information content (AvgIpc) is 2.69. The number of halogens is 2. The third-order valence-electron chi connectivity index (χ3n) is 5.01. The van der Waals surface area contributed by atoms with Crippen LogP contribution in [0.1, 0.15) is 17.5 Å². The van der Waals surface area contributed by atoms with E-state index in [0.717, 1.165) is 39.4 Å². The van der Waals surface area contributed by atoms with Crippen LogP contribution in [0.15, 0.2) is 41.3 Å². The van der Waals surface area contributed by atoms with Crippen molar-refractivity contribution >= 4 is 15.9 Å². The fourth-order valence-corrected chi connectivity index (χ4v) is 4.93. The van der Waals surface area contributed by atoms with E-state index in [1.54, 1.807) is 0 Å². The number of piperazine rings is 1. The third-order valence-corrected chi connectivity index (χ3v) is 6.96. The molecule has 2 aromatic rings. The zero-order chi connectivity index (χ0) is 21.9. The molecule has 162 valence electrons. The number of carbonyl (C=O) groups excluding carboxylic acids is 1. The lowest BCUT2D eigenvalue weighted by Gasteiger charge is -2.34. The molecule has 0 radical (unpaired) electrons. The Morgan fingerprint density at radius 3 is 2.27 bits per heavy atom. The second-order valence-corrected chi connectivity index (χ2v) is 9.08. The number of hydrogen-bond donors (Lipinski definition) is 0. The van der Waals surface area contributed by atoms with Crippen LogP contribution < -0.4 is 4.74 Å². The average molecular weight is 438 g/mol. The van der Waals surface area contributed by atoms with Gasteiger partial charge >= 0.3 is 0 Å². The number of amides is 1. The van der Waals surface area contributed by atoms with Gasteiger partial charge in [-0.25, -0.2) is 17.2 Å². The van der Waals surface area contributed by atoms with Crippen LogP contribution in [0.25, 0.3) is 0 Å². The Labute approximate surface area is 175 Å². The van der Waals surface area contributed by atoms with Gasteiger partial charge < -0.3 is 9.64 Å². The molecule has 30 heavy (non-hydrogen) atoms. The first-order valence-electron chi connectivity index (χ1n) is 9.62. The maximum absolute atomic E-state index is 13.9. The van der Waals surface area contributed by atoms with Gasteiger partial charge in [-0.15, -0.1) is 0 Å². The molecule has 9 heteroatoms. The Hall–Kier alpha value is -2.52. The van der Waals surface area contributed by atoms with Crippen molar-refractivity contribution in [3.63, 3.8) is 0 Å².